The SMILES string of the molecule is O=C(c1ccco1)N1CCCC2(CC(c3ccc(Cl)cc3)=CO2)C1. The normalized spacial score (nSPS) is 23.2. The van der Waals surface area contributed by atoms with E-state index in [2.05, 4.69) is 0 Å². The number of ether oxygens (including phenoxy) is 1. The van der Waals surface area contributed by atoms with Crippen LogP contribution in [0.25, 0.3) is 5.57 Å². The summed E-state index contributed by atoms with van der Waals surface area (Å²) in [5.74, 6) is 0.318. The van der Waals surface area contributed by atoms with Crippen LogP contribution >= 0.6 is 11.6 Å². The summed E-state index contributed by atoms with van der Waals surface area (Å²) >= 11 is 5.96. The molecule has 4 nitrogen and oxygen atoms in total. The highest BCUT2D eigenvalue weighted by Gasteiger charge is 2.42. The van der Waals surface area contributed by atoms with Crippen molar-refractivity contribution in [3.05, 3.63) is 65.3 Å². The van der Waals surface area contributed by atoms with E-state index in [9.17, 15) is 4.79 Å². The second-order valence-electron chi connectivity index (χ2n) is 6.44. The number of hydrogen-bond acceptors (Lipinski definition) is 3. The summed E-state index contributed by atoms with van der Waals surface area (Å²) in [6.45, 7) is 1.32. The molecule has 1 unspecified atom stereocenters. The number of halogens is 1. The molecule has 0 saturated carbocycles. The van der Waals surface area contributed by atoms with E-state index in [1.165, 1.54) is 6.26 Å². The molecule has 0 N–H and O–H groups in total. The fourth-order valence-electron chi connectivity index (χ4n) is 3.53. The topological polar surface area (TPSA) is 42.7 Å². The second-order valence-corrected chi connectivity index (χ2v) is 6.87. The van der Waals surface area contributed by atoms with Crippen LogP contribution in [0.3, 0.4) is 0 Å². The largest absolute Gasteiger partial charge is 0.492 e. The van der Waals surface area contributed by atoms with Gasteiger partial charge < -0.3 is 14.1 Å². The lowest BCUT2D eigenvalue weighted by Gasteiger charge is -2.39. The van der Waals surface area contributed by atoms with Crippen molar-refractivity contribution in [1.82, 2.24) is 4.90 Å². The van der Waals surface area contributed by atoms with Gasteiger partial charge in [-0.3, -0.25) is 4.79 Å². The number of benzene rings is 1. The van der Waals surface area contributed by atoms with Gasteiger partial charge in [-0.1, -0.05) is 23.7 Å². The number of carbonyl (C=O) groups excluding carboxylic acids is 1. The molecule has 0 bridgehead atoms. The van der Waals surface area contributed by atoms with Crippen LogP contribution in [0, 0.1) is 0 Å². The van der Waals surface area contributed by atoms with Crippen molar-refractivity contribution >= 4 is 23.1 Å². The summed E-state index contributed by atoms with van der Waals surface area (Å²) in [5.41, 5.74) is 1.94. The molecule has 2 aromatic rings. The van der Waals surface area contributed by atoms with Crippen LogP contribution in [0.1, 0.15) is 35.4 Å². The number of nitrogens with zero attached hydrogens (tertiary/aromatic N) is 1. The van der Waals surface area contributed by atoms with E-state index < -0.39 is 0 Å². The molecule has 1 aromatic carbocycles. The zero-order chi connectivity index (χ0) is 16.6. The van der Waals surface area contributed by atoms with Gasteiger partial charge in [0, 0.05) is 18.0 Å². The minimum atomic E-state index is -0.324. The Morgan fingerprint density at radius 2 is 2.04 bits per heavy atom. The van der Waals surface area contributed by atoms with E-state index >= 15 is 0 Å². The summed E-state index contributed by atoms with van der Waals surface area (Å²) in [6, 6.07) is 11.2. The van der Waals surface area contributed by atoms with E-state index in [0.29, 0.717) is 12.3 Å². The van der Waals surface area contributed by atoms with Gasteiger partial charge in [0.2, 0.25) is 0 Å². The maximum atomic E-state index is 12.5. The quantitative estimate of drug-likeness (QED) is 0.813. The molecule has 1 atom stereocenters. The van der Waals surface area contributed by atoms with Crippen LogP contribution in [0.5, 0.6) is 0 Å². The molecule has 0 aliphatic carbocycles. The molecule has 1 saturated heterocycles. The average Bonchev–Trinajstić information content (AvgIpc) is 3.26. The standard InChI is InChI=1S/C19H18ClNO3/c20-16-6-4-14(5-7-16)15-11-19(24-12-15)8-2-9-21(13-19)18(22)17-3-1-10-23-17/h1,3-7,10,12H,2,8-9,11,13H2. The van der Waals surface area contributed by atoms with Gasteiger partial charge in [0.1, 0.15) is 5.60 Å². The first-order chi connectivity index (χ1) is 11.7. The Hall–Kier alpha value is -2.20. The molecule has 1 aromatic heterocycles. The Balaban J connectivity index is 1.48. The Labute approximate surface area is 145 Å². The van der Waals surface area contributed by atoms with Gasteiger partial charge in [-0.25, -0.2) is 0 Å². The number of amides is 1. The van der Waals surface area contributed by atoms with Crippen LogP contribution in [0.15, 0.2) is 53.3 Å². The van der Waals surface area contributed by atoms with Crippen LogP contribution in [-0.4, -0.2) is 29.5 Å². The molecule has 3 heterocycles. The van der Waals surface area contributed by atoms with Gasteiger partial charge in [0.15, 0.2) is 5.76 Å². The molecule has 2 aliphatic heterocycles. The minimum absolute atomic E-state index is 0.0670. The van der Waals surface area contributed by atoms with Crippen molar-refractivity contribution in [1.29, 1.82) is 0 Å². The molecule has 5 heteroatoms. The lowest BCUT2D eigenvalue weighted by atomic mass is 9.86. The molecular formula is C19H18ClNO3. The molecule has 1 fully saturated rings. The fraction of sp³-hybridized carbons (Fsp3) is 0.316. The predicted molar refractivity (Wildman–Crippen MR) is 91.7 cm³/mol. The molecule has 1 amide bonds. The van der Waals surface area contributed by atoms with E-state index in [0.717, 1.165) is 42.0 Å². The number of furan rings is 1. The number of carbonyl (C=O) groups is 1. The van der Waals surface area contributed by atoms with Gasteiger partial charge in [-0.15, -0.1) is 0 Å². The Morgan fingerprint density at radius 1 is 1.21 bits per heavy atom. The van der Waals surface area contributed by atoms with Crippen LogP contribution < -0.4 is 0 Å². The zero-order valence-electron chi connectivity index (χ0n) is 13.2. The van der Waals surface area contributed by atoms with Crippen LogP contribution in [0.2, 0.25) is 5.02 Å². The molecular weight excluding hydrogens is 326 g/mol. The van der Waals surface area contributed by atoms with Crippen LogP contribution in [0.4, 0.5) is 0 Å². The van der Waals surface area contributed by atoms with E-state index in [4.69, 9.17) is 20.8 Å². The Morgan fingerprint density at radius 3 is 2.79 bits per heavy atom. The van der Waals surface area contributed by atoms with Crippen molar-refractivity contribution in [2.45, 2.75) is 24.9 Å². The summed E-state index contributed by atoms with van der Waals surface area (Å²) < 4.78 is 11.3. The number of hydrogen-bond donors (Lipinski definition) is 0. The Kier molecular flexibility index (Phi) is 3.85. The molecule has 0 radical (unpaired) electrons. The van der Waals surface area contributed by atoms with Crippen molar-refractivity contribution in [3.63, 3.8) is 0 Å². The number of rotatable bonds is 2. The van der Waals surface area contributed by atoms with Gasteiger partial charge in [-0.05, 0) is 48.2 Å². The third-order valence-corrected chi connectivity index (χ3v) is 4.99. The maximum absolute atomic E-state index is 12.5. The highest BCUT2D eigenvalue weighted by molar-refractivity contribution is 6.30. The summed E-state index contributed by atoms with van der Waals surface area (Å²) in [6.07, 6.45) is 6.04. The lowest BCUT2D eigenvalue weighted by molar-refractivity contribution is -0.0198. The van der Waals surface area contributed by atoms with Gasteiger partial charge in [0.05, 0.1) is 19.1 Å². The highest BCUT2D eigenvalue weighted by atomic mass is 35.5. The molecule has 4 rings (SSSR count). The minimum Gasteiger partial charge on any atom is -0.492 e. The third-order valence-electron chi connectivity index (χ3n) is 4.74. The number of likely N-dealkylation sites (tertiary alicyclic amines) is 1. The van der Waals surface area contributed by atoms with E-state index in [1.54, 1.807) is 12.1 Å². The molecule has 24 heavy (non-hydrogen) atoms. The number of piperidine rings is 1. The predicted octanol–water partition coefficient (Wildman–Crippen LogP) is 4.37. The van der Waals surface area contributed by atoms with E-state index in [1.807, 2.05) is 35.4 Å². The first-order valence-electron chi connectivity index (χ1n) is 8.11. The van der Waals surface area contributed by atoms with Crippen molar-refractivity contribution < 1.29 is 13.9 Å². The summed E-state index contributed by atoms with van der Waals surface area (Å²) in [5, 5.41) is 0.723. The fourth-order valence-corrected chi connectivity index (χ4v) is 3.65. The third kappa shape index (κ3) is 2.82. The second kappa shape index (κ2) is 6.02. The average molecular weight is 344 g/mol. The van der Waals surface area contributed by atoms with Crippen LogP contribution in [-0.2, 0) is 4.74 Å². The van der Waals surface area contributed by atoms with Crippen molar-refractivity contribution in [2.24, 2.45) is 0 Å². The van der Waals surface area contributed by atoms with Crippen molar-refractivity contribution in [3.8, 4) is 0 Å². The molecule has 2 aliphatic rings. The lowest BCUT2D eigenvalue weighted by Crippen LogP contribution is -2.50. The smallest absolute Gasteiger partial charge is 0.289 e. The first kappa shape index (κ1) is 15.3. The molecule has 1 spiro atoms. The highest BCUT2D eigenvalue weighted by Crippen LogP contribution is 2.40. The summed E-state index contributed by atoms with van der Waals surface area (Å²) in [4.78, 5) is 14.4. The van der Waals surface area contributed by atoms with E-state index in [-0.39, 0.29) is 11.5 Å². The maximum Gasteiger partial charge on any atom is 0.289 e. The monoisotopic (exact) mass is 343 g/mol. The van der Waals surface area contributed by atoms with Crippen molar-refractivity contribution in [2.75, 3.05) is 13.1 Å². The zero-order valence-corrected chi connectivity index (χ0v) is 14.0. The first-order valence-corrected chi connectivity index (χ1v) is 8.49. The van der Waals surface area contributed by atoms with Gasteiger partial charge in [0.25, 0.3) is 5.91 Å². The molecule has 124 valence electrons. The summed E-state index contributed by atoms with van der Waals surface area (Å²) in [7, 11) is 0. The van der Waals surface area contributed by atoms with Gasteiger partial charge in [-0.2, -0.15) is 0 Å². The Bertz CT molecular complexity index is 766. The van der Waals surface area contributed by atoms with Gasteiger partial charge >= 0.3 is 0 Å².